The van der Waals surface area contributed by atoms with Gasteiger partial charge in [0.1, 0.15) is 0 Å². The lowest BCUT2D eigenvalue weighted by atomic mass is 10.1. The number of aliphatic hydroxyl groups excluding tert-OH is 1. The van der Waals surface area contributed by atoms with Gasteiger partial charge in [0.25, 0.3) is 5.91 Å². The molecule has 1 atom stereocenters. The van der Waals surface area contributed by atoms with Crippen LogP contribution in [0.3, 0.4) is 0 Å². The first kappa shape index (κ1) is 11.5. The van der Waals surface area contributed by atoms with E-state index in [1.54, 1.807) is 37.3 Å². The number of hydrogen-bond acceptors (Lipinski definition) is 3. The summed E-state index contributed by atoms with van der Waals surface area (Å²) in [6.45, 7) is 3.60. The lowest BCUT2D eigenvalue weighted by molar-refractivity contribution is 0.0633. The van der Waals surface area contributed by atoms with Gasteiger partial charge in [-0.2, -0.15) is 5.10 Å². The Balaban J connectivity index is 2.30. The van der Waals surface area contributed by atoms with Crippen molar-refractivity contribution >= 4 is 5.91 Å². The van der Waals surface area contributed by atoms with E-state index in [0.29, 0.717) is 5.56 Å². The molecule has 0 aliphatic heterocycles. The van der Waals surface area contributed by atoms with Crippen molar-refractivity contribution in [3.8, 4) is 0 Å². The number of rotatable bonds is 2. The van der Waals surface area contributed by atoms with Crippen LogP contribution in [0.1, 0.15) is 27.8 Å². The number of aromatic nitrogens is 2. The standard InChI is InChI=1S/C13H14N2O2/c1-9-8-10(2)15(14-9)13(17)12(16)11-6-4-3-5-7-11/h3-8,12,16H,1-2H3. The van der Waals surface area contributed by atoms with E-state index < -0.39 is 12.0 Å². The predicted molar refractivity (Wildman–Crippen MR) is 63.7 cm³/mol. The molecule has 0 spiro atoms. The summed E-state index contributed by atoms with van der Waals surface area (Å²) in [6.07, 6.45) is -1.17. The highest BCUT2D eigenvalue weighted by Gasteiger charge is 2.21. The molecule has 1 heterocycles. The van der Waals surface area contributed by atoms with E-state index in [-0.39, 0.29) is 0 Å². The summed E-state index contributed by atoms with van der Waals surface area (Å²) in [4.78, 5) is 12.0. The van der Waals surface area contributed by atoms with Crippen molar-refractivity contribution in [2.24, 2.45) is 0 Å². The molecule has 1 aromatic heterocycles. The van der Waals surface area contributed by atoms with Gasteiger partial charge in [0.05, 0.1) is 5.69 Å². The van der Waals surface area contributed by atoms with Gasteiger partial charge in [-0.3, -0.25) is 4.79 Å². The Bertz CT molecular complexity index is 532. The molecule has 0 radical (unpaired) electrons. The molecule has 1 unspecified atom stereocenters. The van der Waals surface area contributed by atoms with E-state index in [9.17, 15) is 9.90 Å². The maximum Gasteiger partial charge on any atom is 0.280 e. The van der Waals surface area contributed by atoms with Gasteiger partial charge in [-0.1, -0.05) is 30.3 Å². The van der Waals surface area contributed by atoms with Crippen LogP contribution in [-0.4, -0.2) is 20.8 Å². The van der Waals surface area contributed by atoms with Gasteiger partial charge in [-0.25, -0.2) is 4.68 Å². The Morgan fingerprint density at radius 2 is 1.94 bits per heavy atom. The molecule has 2 rings (SSSR count). The second-order valence-electron chi connectivity index (χ2n) is 3.99. The zero-order chi connectivity index (χ0) is 12.4. The van der Waals surface area contributed by atoms with Gasteiger partial charge >= 0.3 is 0 Å². The number of nitrogens with zero attached hydrogens (tertiary/aromatic N) is 2. The lowest BCUT2D eigenvalue weighted by Gasteiger charge is -2.10. The lowest BCUT2D eigenvalue weighted by Crippen LogP contribution is -2.22. The fourth-order valence-corrected chi connectivity index (χ4v) is 1.75. The van der Waals surface area contributed by atoms with E-state index in [1.807, 2.05) is 13.0 Å². The third-order valence-electron chi connectivity index (χ3n) is 2.57. The van der Waals surface area contributed by atoms with Crippen molar-refractivity contribution in [3.05, 3.63) is 53.3 Å². The normalized spacial score (nSPS) is 12.4. The summed E-state index contributed by atoms with van der Waals surface area (Å²) in [5, 5.41) is 14.0. The molecule has 1 N–H and O–H groups in total. The van der Waals surface area contributed by atoms with Gasteiger partial charge in [0.15, 0.2) is 6.10 Å². The van der Waals surface area contributed by atoms with E-state index in [0.717, 1.165) is 11.4 Å². The second-order valence-corrected chi connectivity index (χ2v) is 3.99. The monoisotopic (exact) mass is 230 g/mol. The van der Waals surface area contributed by atoms with Gasteiger partial charge in [0.2, 0.25) is 0 Å². The minimum Gasteiger partial charge on any atom is -0.378 e. The van der Waals surface area contributed by atoms with E-state index in [2.05, 4.69) is 5.10 Å². The van der Waals surface area contributed by atoms with Crippen molar-refractivity contribution in [1.82, 2.24) is 9.78 Å². The molecule has 0 aliphatic rings. The Morgan fingerprint density at radius 3 is 2.47 bits per heavy atom. The third kappa shape index (κ3) is 2.26. The molecular weight excluding hydrogens is 216 g/mol. The Morgan fingerprint density at radius 1 is 1.29 bits per heavy atom. The van der Waals surface area contributed by atoms with Crippen LogP contribution >= 0.6 is 0 Å². The summed E-state index contributed by atoms with van der Waals surface area (Å²) in [7, 11) is 0. The number of carbonyl (C=O) groups is 1. The highest BCUT2D eigenvalue weighted by atomic mass is 16.3. The predicted octanol–water partition coefficient (Wildman–Crippen LogP) is 1.87. The first-order valence-electron chi connectivity index (χ1n) is 5.40. The minimum absolute atomic E-state index is 0.429. The molecule has 0 aliphatic carbocycles. The van der Waals surface area contributed by atoms with Crippen LogP contribution in [0.15, 0.2) is 36.4 Å². The topological polar surface area (TPSA) is 55.1 Å². The van der Waals surface area contributed by atoms with Gasteiger partial charge < -0.3 is 5.11 Å². The molecule has 17 heavy (non-hydrogen) atoms. The van der Waals surface area contributed by atoms with Crippen molar-refractivity contribution in [2.75, 3.05) is 0 Å². The van der Waals surface area contributed by atoms with Gasteiger partial charge in [-0.05, 0) is 25.5 Å². The third-order valence-corrected chi connectivity index (χ3v) is 2.57. The van der Waals surface area contributed by atoms with Crippen molar-refractivity contribution < 1.29 is 9.90 Å². The molecule has 0 bridgehead atoms. The average Bonchev–Trinajstić information content (AvgIpc) is 2.68. The largest absolute Gasteiger partial charge is 0.378 e. The summed E-state index contributed by atoms with van der Waals surface area (Å²) in [6, 6.07) is 10.6. The van der Waals surface area contributed by atoms with E-state index >= 15 is 0 Å². The summed E-state index contributed by atoms with van der Waals surface area (Å²) >= 11 is 0. The number of benzene rings is 1. The van der Waals surface area contributed by atoms with Crippen LogP contribution in [0.2, 0.25) is 0 Å². The van der Waals surface area contributed by atoms with Crippen LogP contribution in [0.5, 0.6) is 0 Å². The minimum atomic E-state index is -1.17. The van der Waals surface area contributed by atoms with Crippen LogP contribution in [0, 0.1) is 13.8 Å². The van der Waals surface area contributed by atoms with Crippen molar-refractivity contribution in [3.63, 3.8) is 0 Å². The molecule has 4 nitrogen and oxygen atoms in total. The quantitative estimate of drug-likeness (QED) is 0.856. The van der Waals surface area contributed by atoms with Crippen LogP contribution in [0.25, 0.3) is 0 Å². The molecule has 88 valence electrons. The molecule has 2 aromatic rings. The van der Waals surface area contributed by atoms with E-state index in [4.69, 9.17) is 0 Å². The maximum atomic E-state index is 12.0. The molecule has 0 amide bonds. The molecule has 4 heteroatoms. The molecule has 0 fully saturated rings. The smallest absolute Gasteiger partial charge is 0.280 e. The van der Waals surface area contributed by atoms with Crippen molar-refractivity contribution in [2.45, 2.75) is 20.0 Å². The summed E-state index contributed by atoms with van der Waals surface area (Å²) in [5.74, 6) is -0.429. The molecule has 1 aromatic carbocycles. The fourth-order valence-electron chi connectivity index (χ4n) is 1.75. The summed E-state index contributed by atoms with van der Waals surface area (Å²) < 4.78 is 1.24. The van der Waals surface area contributed by atoms with E-state index in [1.165, 1.54) is 4.68 Å². The SMILES string of the molecule is Cc1cc(C)n(C(=O)C(O)c2ccccc2)n1. The molecular formula is C13H14N2O2. The number of aryl methyl sites for hydroxylation is 2. The molecule has 0 saturated heterocycles. The zero-order valence-electron chi connectivity index (χ0n) is 9.79. The van der Waals surface area contributed by atoms with Crippen molar-refractivity contribution in [1.29, 1.82) is 0 Å². The first-order chi connectivity index (χ1) is 8.09. The Hall–Kier alpha value is -1.94. The first-order valence-corrected chi connectivity index (χ1v) is 5.40. The summed E-state index contributed by atoms with van der Waals surface area (Å²) in [5.41, 5.74) is 2.06. The second kappa shape index (κ2) is 4.51. The number of carbonyl (C=O) groups excluding carboxylic acids is 1. The Kier molecular flexibility index (Phi) is 3.06. The fraction of sp³-hybridized carbons (Fsp3) is 0.231. The van der Waals surface area contributed by atoms with Crippen LogP contribution < -0.4 is 0 Å². The zero-order valence-corrected chi connectivity index (χ0v) is 9.79. The maximum absolute atomic E-state index is 12.0. The van der Waals surface area contributed by atoms with Gasteiger partial charge in [-0.15, -0.1) is 0 Å². The Labute approximate surface area is 99.5 Å². The number of hydrogen-bond donors (Lipinski definition) is 1. The van der Waals surface area contributed by atoms with Crippen LogP contribution in [-0.2, 0) is 0 Å². The average molecular weight is 230 g/mol. The van der Waals surface area contributed by atoms with Crippen LogP contribution in [0.4, 0.5) is 0 Å². The van der Waals surface area contributed by atoms with Gasteiger partial charge in [0, 0.05) is 5.69 Å². The highest BCUT2D eigenvalue weighted by molar-refractivity contribution is 5.84. The number of aliphatic hydroxyl groups is 1. The molecule has 0 saturated carbocycles. The highest BCUT2D eigenvalue weighted by Crippen LogP contribution is 2.15.